The third kappa shape index (κ3) is 14.7. The third-order valence-corrected chi connectivity index (χ3v) is 21.4. The Kier molecular flexibility index (Phi) is 21.2. The van der Waals surface area contributed by atoms with Gasteiger partial charge in [-0.2, -0.15) is 0 Å². The molecule has 8 aromatic rings. The molecule has 14 nitrogen and oxygen atoms in total. The number of benzene rings is 7. The lowest BCUT2D eigenvalue weighted by Gasteiger charge is -2.38. The van der Waals surface area contributed by atoms with Crippen molar-refractivity contribution < 1.29 is 34.3 Å². The fraction of sp³-hybridized carbons (Fsp3) is 0.284. The Bertz CT molecular complexity index is 4230. The summed E-state index contributed by atoms with van der Waals surface area (Å²) < 4.78 is 4.05. The SMILES string of the molecule is C.C=C(C)C(=O)CCCCN(Cc1ccccc1B(O)O)Cc1c2ccccc2c(CN(CCCNC(=O)C(=C)C)Cc2ccccc2B(O)O)c2ccc(-c3cn(-c4ccc(C)c(C5=C6C=CC(=[N+](C)C)C=C6[Si](C)(C)c6cc(N(C)C)ccc65)c4)nn3)cc12. The van der Waals surface area contributed by atoms with Gasteiger partial charge in [0.2, 0.25) is 5.91 Å². The molecule has 0 saturated heterocycles. The molecule has 0 spiro atoms. The Morgan fingerprint density at radius 1 is 0.681 bits per heavy atom. The van der Waals surface area contributed by atoms with E-state index < -0.39 is 22.3 Å². The van der Waals surface area contributed by atoms with Gasteiger partial charge in [-0.15, -0.1) is 5.10 Å². The highest BCUT2D eigenvalue weighted by Gasteiger charge is 2.41. The van der Waals surface area contributed by atoms with Crippen LogP contribution in [0.4, 0.5) is 5.69 Å². The predicted octanol–water partition coefficient (Wildman–Crippen LogP) is 9.49. The summed E-state index contributed by atoms with van der Waals surface area (Å²) in [5, 5.41) is 62.1. The molecular weight excluding hydrogens is 1150 g/mol. The lowest BCUT2D eigenvalue weighted by atomic mass is 9.77. The van der Waals surface area contributed by atoms with Crippen molar-refractivity contribution in [3.63, 3.8) is 0 Å². The lowest BCUT2D eigenvalue weighted by Crippen LogP contribution is -2.49. The van der Waals surface area contributed by atoms with Crippen molar-refractivity contribution in [3.8, 4) is 16.9 Å². The molecule has 2 aliphatic rings. The highest BCUT2D eigenvalue weighted by molar-refractivity contribution is 6.98. The summed E-state index contributed by atoms with van der Waals surface area (Å²) in [6.45, 7) is 21.6. The minimum atomic E-state index is -2.20. The van der Waals surface area contributed by atoms with Crippen molar-refractivity contribution in [1.82, 2.24) is 30.1 Å². The number of allylic oxidation sites excluding steroid dienone is 6. The summed E-state index contributed by atoms with van der Waals surface area (Å²) in [6.07, 6.45) is 11.3. The van der Waals surface area contributed by atoms with E-state index in [9.17, 15) is 29.7 Å². The predicted molar refractivity (Wildman–Crippen MR) is 378 cm³/mol. The van der Waals surface area contributed by atoms with Gasteiger partial charge in [0.05, 0.1) is 11.9 Å². The molecule has 0 fully saturated rings. The van der Waals surface area contributed by atoms with Gasteiger partial charge in [-0.3, -0.25) is 19.4 Å². The molecule has 0 unspecified atom stereocenters. The number of aryl methyl sites for hydroxylation is 1. The average molecular weight is 1230 g/mol. The first-order valence-electron chi connectivity index (χ1n) is 31.1. The van der Waals surface area contributed by atoms with E-state index in [1.165, 1.54) is 38.5 Å². The smallest absolute Gasteiger partial charge is 0.423 e. The van der Waals surface area contributed by atoms with Crippen molar-refractivity contribution >= 4 is 88.6 Å². The molecular formula is C74H87B2N8O6Si+. The summed E-state index contributed by atoms with van der Waals surface area (Å²) >= 11 is 0. The van der Waals surface area contributed by atoms with Gasteiger partial charge in [0.25, 0.3) is 0 Å². The molecule has 10 rings (SSSR count). The first kappa shape index (κ1) is 67.0. The zero-order chi connectivity index (χ0) is 64.1. The second kappa shape index (κ2) is 28.8. The molecule has 1 aliphatic carbocycles. The number of amides is 1. The normalized spacial score (nSPS) is 13.3. The van der Waals surface area contributed by atoms with E-state index in [-0.39, 0.29) is 19.1 Å². The first-order valence-corrected chi connectivity index (χ1v) is 34.1. The van der Waals surface area contributed by atoms with Gasteiger partial charge in [0.15, 0.2) is 11.5 Å². The molecule has 1 amide bonds. The number of hydrogen-bond acceptors (Lipinski definition) is 11. The standard InChI is InChI=1S/C73H82B2N8O6Si.CH4/c1-48(2)69(84)27-18-19-37-81(43-52-21-12-16-25-66(52)74(86)87)46-65-58-24-15-14-23-57(58)64(45-82(38-20-36-76-73(85)49(3)4)44-53-22-13-17-26-67(53)75(88)89)59-33-29-51(39-63(59)65)68-47-83(78-77-68)56-30-28-50(5)62(40-56)72-60-34-31-54(79(6)7)41-70(60)90(10,11)71-42-55(80(8)9)32-35-61(71)72;/h12-17,21-26,28-35,39-42,47,86-89H,1,3,18-20,27,36-38,43-46H2,2,4-11H3;1H4/p+1. The van der Waals surface area contributed by atoms with Crippen LogP contribution in [0.1, 0.15) is 85.9 Å². The lowest BCUT2D eigenvalue weighted by molar-refractivity contribution is -0.462. The van der Waals surface area contributed by atoms with Crippen LogP contribution in [0.15, 0.2) is 187 Å². The summed E-state index contributed by atoms with van der Waals surface area (Å²) in [6, 6.07) is 43.3. The number of fused-ring (bicyclic) bond motifs is 4. The van der Waals surface area contributed by atoms with Crippen LogP contribution in [0, 0.1) is 6.92 Å². The summed E-state index contributed by atoms with van der Waals surface area (Å²) in [7, 11) is 2.88. The fourth-order valence-electron chi connectivity index (χ4n) is 12.8. The maximum Gasteiger partial charge on any atom is 0.488 e. The maximum absolute atomic E-state index is 12.8. The number of Topliss-reactive ketones (excluding diaryl/α,β-unsaturated/α-hetero) is 1. The molecule has 0 atom stereocenters. The first-order chi connectivity index (χ1) is 43.1. The van der Waals surface area contributed by atoms with E-state index in [1.807, 2.05) is 41.2 Å². The molecule has 0 saturated carbocycles. The van der Waals surface area contributed by atoms with Crippen LogP contribution in [-0.2, 0) is 35.8 Å². The summed E-state index contributed by atoms with van der Waals surface area (Å²) in [5.74, 6) is -0.161. The molecule has 1 aromatic heterocycles. The fourth-order valence-corrected chi connectivity index (χ4v) is 15.9. The van der Waals surface area contributed by atoms with Gasteiger partial charge < -0.3 is 30.3 Å². The summed E-state index contributed by atoms with van der Waals surface area (Å²) in [5.41, 5.74) is 16.3. The van der Waals surface area contributed by atoms with E-state index in [2.05, 4.69) is 183 Å². The number of carbonyl (C=O) groups excluding carboxylic acids is 2. The van der Waals surface area contributed by atoms with Crippen molar-refractivity contribution in [2.24, 2.45) is 0 Å². The van der Waals surface area contributed by atoms with Crippen molar-refractivity contribution in [3.05, 3.63) is 226 Å². The van der Waals surface area contributed by atoms with Gasteiger partial charge in [-0.1, -0.05) is 136 Å². The minimum Gasteiger partial charge on any atom is -0.423 e. The largest absolute Gasteiger partial charge is 0.488 e. The van der Waals surface area contributed by atoms with Crippen LogP contribution in [-0.4, -0.2) is 137 Å². The van der Waals surface area contributed by atoms with Crippen molar-refractivity contribution in [1.29, 1.82) is 0 Å². The van der Waals surface area contributed by atoms with Gasteiger partial charge >= 0.3 is 14.2 Å². The zero-order valence-electron chi connectivity index (χ0n) is 53.5. The van der Waals surface area contributed by atoms with Crippen LogP contribution in [0.5, 0.6) is 0 Å². The molecule has 17 heteroatoms. The van der Waals surface area contributed by atoms with Crippen LogP contribution < -0.4 is 26.3 Å². The number of ketones is 1. The highest BCUT2D eigenvalue weighted by Crippen LogP contribution is 2.44. The molecule has 2 heterocycles. The minimum absolute atomic E-state index is 0. The summed E-state index contributed by atoms with van der Waals surface area (Å²) in [4.78, 5) is 32.3. The molecule has 1 aliphatic heterocycles. The van der Waals surface area contributed by atoms with Gasteiger partial charge in [-0.05, 0) is 182 Å². The monoisotopic (exact) mass is 1230 g/mol. The number of carbonyl (C=O) groups is 2. The third-order valence-electron chi connectivity index (χ3n) is 17.9. The van der Waals surface area contributed by atoms with Crippen LogP contribution in [0.2, 0.25) is 13.1 Å². The highest BCUT2D eigenvalue weighted by atomic mass is 28.3. The Hall–Kier alpha value is -8.38. The molecule has 0 bridgehead atoms. The Morgan fingerprint density at radius 3 is 1.89 bits per heavy atom. The maximum atomic E-state index is 12.8. The number of nitrogens with zero attached hydrogens (tertiary/aromatic N) is 7. The van der Waals surface area contributed by atoms with E-state index in [0.29, 0.717) is 99.3 Å². The van der Waals surface area contributed by atoms with Gasteiger partial charge in [-0.25, -0.2) is 9.26 Å². The number of unbranched alkanes of at least 4 members (excludes halogenated alkanes) is 1. The average Bonchev–Trinajstić information content (AvgIpc) is 0.901. The Balaban J connectivity index is 0.00000980. The van der Waals surface area contributed by atoms with E-state index in [1.54, 1.807) is 32.0 Å². The van der Waals surface area contributed by atoms with E-state index in [0.717, 1.165) is 66.2 Å². The zero-order valence-corrected chi connectivity index (χ0v) is 54.5. The Morgan fingerprint density at radius 2 is 1.29 bits per heavy atom. The van der Waals surface area contributed by atoms with Gasteiger partial charge in [0.1, 0.15) is 27.9 Å². The van der Waals surface area contributed by atoms with E-state index >= 15 is 0 Å². The number of nitrogens with one attached hydrogen (secondary N) is 1. The molecule has 5 N–H and O–H groups in total. The van der Waals surface area contributed by atoms with Crippen molar-refractivity contribution in [2.45, 2.75) is 93.2 Å². The molecule has 91 heavy (non-hydrogen) atoms. The second-order valence-electron chi connectivity index (χ2n) is 25.2. The number of anilines is 1. The quantitative estimate of drug-likeness (QED) is 0.0121. The van der Waals surface area contributed by atoms with Crippen LogP contribution >= 0.6 is 0 Å². The van der Waals surface area contributed by atoms with E-state index in [4.69, 9.17) is 10.3 Å². The van der Waals surface area contributed by atoms with Crippen LogP contribution in [0.3, 0.4) is 0 Å². The molecule has 0 radical (unpaired) electrons. The number of rotatable bonds is 25. The Labute approximate surface area is 538 Å². The van der Waals surface area contributed by atoms with Crippen LogP contribution in [0.25, 0.3) is 44.1 Å². The van der Waals surface area contributed by atoms with Gasteiger partial charge in [0, 0.05) is 88.8 Å². The molecule has 468 valence electrons. The molecule has 7 aromatic carbocycles. The second-order valence-corrected chi connectivity index (χ2v) is 29.5. The van der Waals surface area contributed by atoms with Crippen molar-refractivity contribution in [2.75, 3.05) is 52.7 Å². The number of aromatic nitrogens is 3. The topological polar surface area (TPSA) is 171 Å². The number of hydrogen-bond donors (Lipinski definition) is 5.